The highest BCUT2D eigenvalue weighted by Gasteiger charge is 2.15. The fourth-order valence-electron chi connectivity index (χ4n) is 2.57. The van der Waals surface area contributed by atoms with Crippen molar-refractivity contribution in [1.29, 1.82) is 0 Å². The molecule has 1 heterocycles. The van der Waals surface area contributed by atoms with Crippen LogP contribution in [0.2, 0.25) is 10.0 Å². The Morgan fingerprint density at radius 1 is 1.10 bits per heavy atom. The summed E-state index contributed by atoms with van der Waals surface area (Å²) in [5, 5.41) is 12.8. The molecule has 0 atom stereocenters. The number of halogens is 2. The van der Waals surface area contributed by atoms with Crippen molar-refractivity contribution in [1.82, 2.24) is 14.8 Å². The van der Waals surface area contributed by atoms with E-state index in [2.05, 4.69) is 15.5 Å². The third kappa shape index (κ3) is 4.95. The number of nitrogens with zero attached hydrogens (tertiary/aromatic N) is 3. The summed E-state index contributed by atoms with van der Waals surface area (Å²) >= 11 is 13.3. The molecule has 152 valence electrons. The smallest absolute Gasteiger partial charge is 0.234 e. The summed E-state index contributed by atoms with van der Waals surface area (Å²) in [6.07, 6.45) is 0. The molecule has 0 saturated carbocycles. The quantitative estimate of drug-likeness (QED) is 0.530. The predicted octanol–water partition coefficient (Wildman–Crippen LogP) is 4.54. The number of hydrogen-bond acceptors (Lipinski definition) is 6. The summed E-state index contributed by atoms with van der Waals surface area (Å²) in [4.78, 5) is 12.4. The monoisotopic (exact) mass is 452 g/mol. The van der Waals surface area contributed by atoms with Crippen LogP contribution in [-0.2, 0) is 11.8 Å². The number of carbonyl (C=O) groups is 1. The van der Waals surface area contributed by atoms with Gasteiger partial charge in [0.1, 0.15) is 11.5 Å². The Morgan fingerprint density at radius 3 is 2.45 bits per heavy atom. The van der Waals surface area contributed by atoms with Gasteiger partial charge in [0, 0.05) is 23.7 Å². The Kier molecular flexibility index (Phi) is 6.89. The summed E-state index contributed by atoms with van der Waals surface area (Å²) in [5.74, 6) is 1.51. The van der Waals surface area contributed by atoms with Gasteiger partial charge in [-0.25, -0.2) is 0 Å². The standard InChI is InChI=1S/C19H18Cl2N4O3S/c1-25-18(11-4-6-12(20)7-5-11)23-24-19(25)29-10-17(26)22-14-8-13(21)15(27-2)9-16(14)28-3/h4-9H,10H2,1-3H3,(H,22,26). The molecule has 3 aromatic rings. The normalized spacial score (nSPS) is 10.7. The number of aromatic nitrogens is 3. The summed E-state index contributed by atoms with van der Waals surface area (Å²) < 4.78 is 12.3. The first-order valence-electron chi connectivity index (χ1n) is 8.42. The van der Waals surface area contributed by atoms with Crippen molar-refractivity contribution >= 4 is 46.6 Å². The zero-order valence-corrected chi connectivity index (χ0v) is 18.2. The maximum Gasteiger partial charge on any atom is 0.234 e. The van der Waals surface area contributed by atoms with E-state index in [-0.39, 0.29) is 11.7 Å². The molecule has 0 saturated heterocycles. The number of methoxy groups -OCH3 is 2. The largest absolute Gasteiger partial charge is 0.495 e. The summed E-state index contributed by atoms with van der Waals surface area (Å²) in [6.45, 7) is 0. The van der Waals surface area contributed by atoms with Crippen molar-refractivity contribution in [3.05, 3.63) is 46.4 Å². The molecule has 0 radical (unpaired) electrons. The Morgan fingerprint density at radius 2 is 1.79 bits per heavy atom. The predicted molar refractivity (Wildman–Crippen MR) is 115 cm³/mol. The maximum absolute atomic E-state index is 12.4. The van der Waals surface area contributed by atoms with E-state index in [9.17, 15) is 4.79 Å². The van der Waals surface area contributed by atoms with Gasteiger partial charge in [0.05, 0.1) is 30.7 Å². The molecular formula is C19H18Cl2N4O3S. The van der Waals surface area contributed by atoms with Gasteiger partial charge in [-0.1, -0.05) is 35.0 Å². The molecule has 2 aromatic carbocycles. The van der Waals surface area contributed by atoms with E-state index in [1.807, 2.05) is 23.7 Å². The van der Waals surface area contributed by atoms with Crippen LogP contribution < -0.4 is 14.8 Å². The van der Waals surface area contributed by atoms with Crippen LogP contribution in [0.4, 0.5) is 5.69 Å². The molecule has 0 aliphatic rings. The average molecular weight is 453 g/mol. The Bertz CT molecular complexity index is 1030. The third-order valence-corrected chi connectivity index (χ3v) is 5.59. The number of amides is 1. The number of nitrogens with one attached hydrogen (secondary N) is 1. The lowest BCUT2D eigenvalue weighted by atomic mass is 10.2. The van der Waals surface area contributed by atoms with Crippen LogP contribution in [0.5, 0.6) is 11.5 Å². The molecular weight excluding hydrogens is 435 g/mol. The lowest BCUT2D eigenvalue weighted by Crippen LogP contribution is -2.15. The zero-order valence-electron chi connectivity index (χ0n) is 15.9. The summed E-state index contributed by atoms with van der Waals surface area (Å²) in [5.41, 5.74) is 1.35. The van der Waals surface area contributed by atoms with Gasteiger partial charge in [-0.2, -0.15) is 0 Å². The Hall–Kier alpha value is -2.42. The van der Waals surface area contributed by atoms with Gasteiger partial charge >= 0.3 is 0 Å². The van der Waals surface area contributed by atoms with Gasteiger partial charge < -0.3 is 19.4 Å². The maximum atomic E-state index is 12.4. The summed E-state index contributed by atoms with van der Waals surface area (Å²) in [6, 6.07) is 10.5. The van der Waals surface area contributed by atoms with Crippen LogP contribution in [-0.4, -0.2) is 40.6 Å². The van der Waals surface area contributed by atoms with Gasteiger partial charge in [-0.3, -0.25) is 4.79 Å². The molecule has 0 fully saturated rings. The number of rotatable bonds is 7. The minimum absolute atomic E-state index is 0.138. The number of anilines is 1. The highest BCUT2D eigenvalue weighted by Crippen LogP contribution is 2.36. The second-order valence-corrected chi connectivity index (χ2v) is 7.68. The van der Waals surface area contributed by atoms with Gasteiger partial charge in [-0.05, 0) is 30.3 Å². The lowest BCUT2D eigenvalue weighted by molar-refractivity contribution is -0.113. The zero-order chi connectivity index (χ0) is 21.0. The first-order valence-corrected chi connectivity index (χ1v) is 10.2. The molecule has 29 heavy (non-hydrogen) atoms. The highest BCUT2D eigenvalue weighted by atomic mass is 35.5. The fraction of sp³-hybridized carbons (Fsp3) is 0.211. The number of ether oxygens (including phenoxy) is 2. The van der Waals surface area contributed by atoms with E-state index < -0.39 is 0 Å². The van der Waals surface area contributed by atoms with Gasteiger partial charge in [0.25, 0.3) is 0 Å². The van der Waals surface area contributed by atoms with E-state index in [0.717, 1.165) is 5.56 Å². The van der Waals surface area contributed by atoms with Gasteiger partial charge in [0.15, 0.2) is 11.0 Å². The molecule has 7 nitrogen and oxygen atoms in total. The highest BCUT2D eigenvalue weighted by molar-refractivity contribution is 7.99. The second-order valence-electron chi connectivity index (χ2n) is 5.90. The lowest BCUT2D eigenvalue weighted by Gasteiger charge is -2.13. The first-order chi connectivity index (χ1) is 13.9. The molecule has 0 unspecified atom stereocenters. The molecule has 0 aliphatic carbocycles. The molecule has 10 heteroatoms. The first kappa shape index (κ1) is 21.3. The van der Waals surface area contributed by atoms with Gasteiger partial charge in [0.2, 0.25) is 5.91 Å². The third-order valence-electron chi connectivity index (χ3n) is 4.02. The molecule has 0 aliphatic heterocycles. The molecule has 0 bridgehead atoms. The average Bonchev–Trinajstić information content (AvgIpc) is 3.07. The number of carbonyl (C=O) groups excluding carboxylic acids is 1. The van der Waals surface area contributed by atoms with Crippen molar-refractivity contribution < 1.29 is 14.3 Å². The Balaban J connectivity index is 1.67. The van der Waals surface area contributed by atoms with Crippen molar-refractivity contribution in [2.45, 2.75) is 5.16 Å². The number of hydrogen-bond donors (Lipinski definition) is 1. The van der Waals surface area contributed by atoms with E-state index in [4.69, 9.17) is 32.7 Å². The topological polar surface area (TPSA) is 78.3 Å². The molecule has 1 N–H and O–H groups in total. The van der Waals surface area contributed by atoms with Crippen LogP contribution in [0.1, 0.15) is 0 Å². The van der Waals surface area contributed by atoms with Crippen LogP contribution in [0, 0.1) is 0 Å². The van der Waals surface area contributed by atoms with Crippen LogP contribution >= 0.6 is 35.0 Å². The molecule has 0 spiro atoms. The van der Waals surface area contributed by atoms with Crippen molar-refractivity contribution in [3.63, 3.8) is 0 Å². The Labute approximate surface area is 182 Å². The van der Waals surface area contributed by atoms with Crippen molar-refractivity contribution in [2.75, 3.05) is 25.3 Å². The van der Waals surface area contributed by atoms with Crippen molar-refractivity contribution in [2.24, 2.45) is 7.05 Å². The van der Waals surface area contributed by atoms with Gasteiger partial charge in [-0.15, -0.1) is 10.2 Å². The van der Waals surface area contributed by atoms with Crippen LogP contribution in [0.15, 0.2) is 41.6 Å². The molecule has 1 amide bonds. The van der Waals surface area contributed by atoms with Crippen LogP contribution in [0.3, 0.4) is 0 Å². The molecule has 3 rings (SSSR count). The minimum atomic E-state index is -0.231. The number of benzene rings is 2. The van der Waals surface area contributed by atoms with E-state index in [1.54, 1.807) is 24.3 Å². The van der Waals surface area contributed by atoms with E-state index in [0.29, 0.717) is 38.2 Å². The van der Waals surface area contributed by atoms with E-state index >= 15 is 0 Å². The fourth-order valence-corrected chi connectivity index (χ4v) is 3.64. The van der Waals surface area contributed by atoms with Crippen LogP contribution in [0.25, 0.3) is 11.4 Å². The molecule has 1 aromatic heterocycles. The van der Waals surface area contributed by atoms with E-state index in [1.165, 1.54) is 26.0 Å². The summed E-state index contributed by atoms with van der Waals surface area (Å²) in [7, 11) is 4.86. The number of thioether (sulfide) groups is 1. The minimum Gasteiger partial charge on any atom is -0.495 e. The van der Waals surface area contributed by atoms with Crippen molar-refractivity contribution in [3.8, 4) is 22.9 Å². The SMILES string of the molecule is COc1cc(OC)c(NC(=O)CSc2nnc(-c3ccc(Cl)cc3)n2C)cc1Cl. The second kappa shape index (κ2) is 9.39.